The normalized spacial score (nSPS) is 15.3. The van der Waals surface area contributed by atoms with Gasteiger partial charge in [0.05, 0.1) is 0 Å². The van der Waals surface area contributed by atoms with Crippen LogP contribution in [0, 0.1) is 29.1 Å². The van der Waals surface area contributed by atoms with Gasteiger partial charge in [-0.2, -0.15) is 0 Å². The molecule has 8 heteroatoms. The van der Waals surface area contributed by atoms with Crippen molar-refractivity contribution in [1.82, 2.24) is 0 Å². The quantitative estimate of drug-likeness (QED) is 0.313. The van der Waals surface area contributed by atoms with Gasteiger partial charge in [0.2, 0.25) is 0 Å². The monoisotopic (exact) mass is 446 g/mol. The summed E-state index contributed by atoms with van der Waals surface area (Å²) in [5.41, 5.74) is 0.552. The van der Waals surface area contributed by atoms with Crippen molar-refractivity contribution in [3.8, 4) is 0 Å². The molecule has 1 heterocycles. The number of rotatable bonds is 3. The topological polar surface area (TPSA) is 18.5 Å². The predicted octanol–water partition coefficient (Wildman–Crippen LogP) is 2.08. The first-order valence-electron chi connectivity index (χ1n) is 6.52. The number of benzene rings is 2. The minimum absolute atomic E-state index is 0.377. The molecule has 2 nitrogen and oxygen atoms in total. The van der Waals surface area contributed by atoms with Gasteiger partial charge >= 0.3 is 138 Å². The van der Waals surface area contributed by atoms with Gasteiger partial charge in [0, 0.05) is 0 Å². The van der Waals surface area contributed by atoms with Crippen molar-refractivity contribution >= 4 is 28.1 Å². The van der Waals surface area contributed by atoms with Crippen molar-refractivity contribution in [2.45, 2.75) is 6.29 Å². The summed E-state index contributed by atoms with van der Waals surface area (Å²) in [5.74, 6) is -9.53. The van der Waals surface area contributed by atoms with Gasteiger partial charge in [-0.25, -0.2) is 0 Å². The zero-order chi connectivity index (χ0) is 16.6. The van der Waals surface area contributed by atoms with Crippen molar-refractivity contribution in [2.75, 3.05) is 13.2 Å². The minimum atomic E-state index is -2.15. The van der Waals surface area contributed by atoms with Crippen LogP contribution in [0.2, 0.25) is 0 Å². The van der Waals surface area contributed by atoms with Gasteiger partial charge in [-0.15, -0.1) is 0 Å². The molecule has 0 bridgehead atoms. The molecule has 0 atom stereocenters. The van der Waals surface area contributed by atoms with Crippen molar-refractivity contribution in [1.29, 1.82) is 0 Å². The van der Waals surface area contributed by atoms with Gasteiger partial charge in [-0.3, -0.25) is 0 Å². The van der Waals surface area contributed by atoms with Crippen molar-refractivity contribution in [3.63, 3.8) is 0 Å². The summed E-state index contributed by atoms with van der Waals surface area (Å²) in [6.07, 6.45) is -0.683. The molecule has 23 heavy (non-hydrogen) atoms. The molecular formula is C15H9F5O2Te. The second kappa shape index (κ2) is 6.73. The SMILES string of the molecule is Fc1c(F)c(F)c([Te]c2ccccc2C2OCCO2)c(F)c1F. The Balaban J connectivity index is 2.04. The average Bonchev–Trinajstić information content (AvgIpc) is 3.10. The van der Waals surface area contributed by atoms with Gasteiger partial charge in [0.1, 0.15) is 0 Å². The maximum absolute atomic E-state index is 13.8. The summed E-state index contributed by atoms with van der Waals surface area (Å²) in [7, 11) is 0. The summed E-state index contributed by atoms with van der Waals surface area (Å²) in [6, 6.07) is 6.56. The van der Waals surface area contributed by atoms with E-state index in [1.165, 1.54) is 0 Å². The van der Waals surface area contributed by atoms with Crippen molar-refractivity contribution in [3.05, 3.63) is 58.9 Å². The third kappa shape index (κ3) is 3.09. The fourth-order valence-electron chi connectivity index (χ4n) is 2.09. The van der Waals surface area contributed by atoms with Gasteiger partial charge in [0.15, 0.2) is 0 Å². The van der Waals surface area contributed by atoms with Crippen LogP contribution in [0.3, 0.4) is 0 Å². The van der Waals surface area contributed by atoms with Crippen LogP contribution in [0.4, 0.5) is 22.0 Å². The summed E-state index contributed by atoms with van der Waals surface area (Å²) >= 11 is -1.87. The molecular weight excluding hydrogens is 435 g/mol. The van der Waals surface area contributed by atoms with E-state index in [9.17, 15) is 22.0 Å². The van der Waals surface area contributed by atoms with E-state index in [1.54, 1.807) is 24.3 Å². The van der Waals surface area contributed by atoms with E-state index < -0.39 is 59.9 Å². The van der Waals surface area contributed by atoms with Gasteiger partial charge in [-0.1, -0.05) is 0 Å². The molecule has 1 fully saturated rings. The second-order valence-electron chi connectivity index (χ2n) is 4.61. The molecule has 2 aromatic rings. The number of halogens is 5. The first-order valence-corrected chi connectivity index (χ1v) is 8.85. The fourth-order valence-corrected chi connectivity index (χ4v) is 4.96. The van der Waals surface area contributed by atoms with Gasteiger partial charge in [0.25, 0.3) is 0 Å². The van der Waals surface area contributed by atoms with E-state index in [2.05, 4.69) is 0 Å². The van der Waals surface area contributed by atoms with Crippen LogP contribution in [0.25, 0.3) is 0 Å². The first-order chi connectivity index (χ1) is 11.0. The van der Waals surface area contributed by atoms with Crippen LogP contribution < -0.4 is 7.22 Å². The van der Waals surface area contributed by atoms with Gasteiger partial charge in [-0.05, 0) is 0 Å². The Morgan fingerprint density at radius 3 is 1.91 bits per heavy atom. The van der Waals surface area contributed by atoms with E-state index in [1.807, 2.05) is 0 Å². The Labute approximate surface area is 138 Å². The zero-order valence-electron chi connectivity index (χ0n) is 11.4. The van der Waals surface area contributed by atoms with E-state index >= 15 is 0 Å². The molecule has 2 aromatic carbocycles. The van der Waals surface area contributed by atoms with E-state index in [0.29, 0.717) is 22.4 Å². The maximum atomic E-state index is 13.8. The van der Waals surface area contributed by atoms with E-state index in [0.717, 1.165) is 0 Å². The number of ether oxygens (including phenoxy) is 2. The molecule has 0 spiro atoms. The molecule has 3 rings (SSSR count). The Hall–Kier alpha value is -1.20. The first kappa shape index (κ1) is 16.7. The Bertz CT molecular complexity index is 718. The molecule has 0 N–H and O–H groups in total. The number of hydrogen-bond donors (Lipinski definition) is 0. The van der Waals surface area contributed by atoms with Crippen LogP contribution >= 0.6 is 0 Å². The van der Waals surface area contributed by atoms with Gasteiger partial charge < -0.3 is 0 Å². The van der Waals surface area contributed by atoms with Crippen molar-refractivity contribution < 1.29 is 31.4 Å². The molecule has 0 unspecified atom stereocenters. The Kier molecular flexibility index (Phi) is 4.87. The molecule has 0 saturated carbocycles. The molecule has 0 amide bonds. The molecule has 0 aromatic heterocycles. The van der Waals surface area contributed by atoms with E-state index in [-0.39, 0.29) is 0 Å². The van der Waals surface area contributed by atoms with Crippen molar-refractivity contribution in [2.24, 2.45) is 0 Å². The van der Waals surface area contributed by atoms with Crippen LogP contribution in [-0.2, 0) is 9.47 Å². The number of hydrogen-bond acceptors (Lipinski definition) is 2. The zero-order valence-corrected chi connectivity index (χ0v) is 13.7. The predicted molar refractivity (Wildman–Crippen MR) is 72.3 cm³/mol. The van der Waals surface area contributed by atoms with Crippen LogP contribution in [0.1, 0.15) is 11.9 Å². The average molecular weight is 444 g/mol. The Morgan fingerprint density at radius 2 is 1.30 bits per heavy atom. The van der Waals surface area contributed by atoms with Crippen LogP contribution in [-0.4, -0.2) is 34.1 Å². The molecule has 122 valence electrons. The molecule has 0 radical (unpaired) electrons. The third-order valence-electron chi connectivity index (χ3n) is 3.18. The summed E-state index contributed by atoms with van der Waals surface area (Å²) in [4.78, 5) is 0. The molecule has 1 aliphatic heterocycles. The fraction of sp³-hybridized carbons (Fsp3) is 0.200. The summed E-state index contributed by atoms with van der Waals surface area (Å²) in [5, 5.41) is 0. The van der Waals surface area contributed by atoms with Crippen LogP contribution in [0.5, 0.6) is 0 Å². The third-order valence-corrected chi connectivity index (χ3v) is 6.47. The molecule has 0 aliphatic carbocycles. The van der Waals surface area contributed by atoms with Crippen LogP contribution in [0.15, 0.2) is 24.3 Å². The Morgan fingerprint density at radius 1 is 0.783 bits per heavy atom. The summed E-state index contributed by atoms with van der Waals surface area (Å²) < 4.78 is 77.9. The standard InChI is InChI=1S/C15H9F5O2Te/c16-9-10(17)12(19)14(13(20)11(9)18)23-8-4-2-1-3-7(8)15-21-5-6-22-15/h1-4,15H,5-6H2. The molecule has 1 aliphatic rings. The van der Waals surface area contributed by atoms with E-state index in [4.69, 9.17) is 9.47 Å². The second-order valence-corrected chi connectivity index (χ2v) is 7.62. The molecule has 1 saturated heterocycles. The summed E-state index contributed by atoms with van der Waals surface area (Å²) in [6.45, 7) is 0.754.